The fourth-order valence-corrected chi connectivity index (χ4v) is 2.86. The van der Waals surface area contributed by atoms with Gasteiger partial charge in [0.25, 0.3) is 5.56 Å². The zero-order chi connectivity index (χ0) is 19.7. The highest BCUT2D eigenvalue weighted by molar-refractivity contribution is 6.36. The molecule has 0 unspecified atom stereocenters. The minimum absolute atomic E-state index is 0.0795. The predicted molar refractivity (Wildman–Crippen MR) is 101 cm³/mol. The zero-order valence-electron chi connectivity index (χ0n) is 13.9. The largest absolute Gasteiger partial charge is 0.476 e. The van der Waals surface area contributed by atoms with Crippen LogP contribution in [0.4, 0.5) is 5.82 Å². The van der Waals surface area contributed by atoms with Crippen LogP contribution >= 0.6 is 23.2 Å². The highest BCUT2D eigenvalue weighted by atomic mass is 35.5. The Hall–Kier alpha value is -2.97. The standard InChI is InChI=1S/C17H12Cl2N4O4/c1-8-11(18)6-12(19)15(20-8)21-13(24)7-23-16(25)10-5-3-2-4-9(10)14(22-23)17(26)27/h2-6H,7H2,1H3,(H,26,27)(H,20,21,24). The summed E-state index contributed by atoms with van der Waals surface area (Å²) in [5.74, 6) is -1.87. The van der Waals surface area contributed by atoms with Crippen LogP contribution in [0.15, 0.2) is 35.1 Å². The number of amides is 1. The minimum Gasteiger partial charge on any atom is -0.476 e. The summed E-state index contributed by atoms with van der Waals surface area (Å²) in [6, 6.07) is 7.59. The molecule has 0 aliphatic carbocycles. The third kappa shape index (κ3) is 3.76. The molecular formula is C17H12Cl2N4O4. The second kappa shape index (κ2) is 7.34. The Kier molecular flexibility index (Phi) is 5.11. The van der Waals surface area contributed by atoms with E-state index in [2.05, 4.69) is 15.4 Å². The molecule has 3 aromatic rings. The van der Waals surface area contributed by atoms with Gasteiger partial charge in [0, 0.05) is 5.39 Å². The molecule has 10 heteroatoms. The fourth-order valence-electron chi connectivity index (χ4n) is 2.45. The number of anilines is 1. The van der Waals surface area contributed by atoms with E-state index in [0.29, 0.717) is 10.7 Å². The van der Waals surface area contributed by atoms with Gasteiger partial charge >= 0.3 is 5.97 Å². The molecule has 138 valence electrons. The van der Waals surface area contributed by atoms with E-state index in [9.17, 15) is 19.5 Å². The summed E-state index contributed by atoms with van der Waals surface area (Å²) < 4.78 is 0.789. The number of nitrogens with zero attached hydrogens (tertiary/aromatic N) is 3. The van der Waals surface area contributed by atoms with E-state index in [4.69, 9.17) is 23.2 Å². The molecule has 2 aromatic heterocycles. The number of fused-ring (bicyclic) bond motifs is 1. The van der Waals surface area contributed by atoms with Gasteiger partial charge < -0.3 is 10.4 Å². The highest BCUT2D eigenvalue weighted by Crippen LogP contribution is 2.25. The van der Waals surface area contributed by atoms with Crippen molar-refractivity contribution in [2.24, 2.45) is 0 Å². The molecule has 8 nitrogen and oxygen atoms in total. The van der Waals surface area contributed by atoms with Crippen LogP contribution < -0.4 is 10.9 Å². The molecule has 1 amide bonds. The van der Waals surface area contributed by atoms with Crippen LogP contribution in [0.5, 0.6) is 0 Å². The lowest BCUT2D eigenvalue weighted by Gasteiger charge is -2.10. The van der Waals surface area contributed by atoms with Crippen molar-refractivity contribution in [3.63, 3.8) is 0 Å². The van der Waals surface area contributed by atoms with Gasteiger partial charge in [-0.05, 0) is 19.1 Å². The molecule has 0 saturated heterocycles. The number of pyridine rings is 1. The number of carboxylic acids is 1. The van der Waals surface area contributed by atoms with E-state index in [-0.39, 0.29) is 27.3 Å². The topological polar surface area (TPSA) is 114 Å². The molecule has 0 spiro atoms. The number of carbonyl (C=O) groups is 2. The van der Waals surface area contributed by atoms with Crippen LogP contribution in [0.1, 0.15) is 16.2 Å². The van der Waals surface area contributed by atoms with Gasteiger partial charge in [0.2, 0.25) is 5.91 Å². The van der Waals surface area contributed by atoms with Crippen LogP contribution in [0.2, 0.25) is 10.0 Å². The normalized spacial score (nSPS) is 10.8. The Morgan fingerprint density at radius 1 is 1.19 bits per heavy atom. The second-order valence-corrected chi connectivity index (χ2v) is 6.41. The van der Waals surface area contributed by atoms with Crippen molar-refractivity contribution >= 4 is 51.7 Å². The Balaban J connectivity index is 1.96. The molecule has 0 fully saturated rings. The lowest BCUT2D eigenvalue weighted by atomic mass is 10.1. The number of carboxylic acid groups (broad SMARTS) is 1. The van der Waals surface area contributed by atoms with Crippen molar-refractivity contribution < 1.29 is 14.7 Å². The Morgan fingerprint density at radius 3 is 2.52 bits per heavy atom. The molecule has 1 aromatic carbocycles. The fraction of sp³-hybridized carbons (Fsp3) is 0.118. The predicted octanol–water partition coefficient (Wildman–Crippen LogP) is 2.74. The first-order chi connectivity index (χ1) is 12.8. The molecule has 2 heterocycles. The summed E-state index contributed by atoms with van der Waals surface area (Å²) in [4.78, 5) is 40.4. The second-order valence-electron chi connectivity index (χ2n) is 5.60. The molecule has 0 aliphatic rings. The van der Waals surface area contributed by atoms with Crippen LogP contribution in [0.3, 0.4) is 0 Å². The lowest BCUT2D eigenvalue weighted by molar-refractivity contribution is -0.117. The summed E-state index contributed by atoms with van der Waals surface area (Å²) in [5.41, 5.74) is -0.445. The number of nitrogens with one attached hydrogen (secondary N) is 1. The molecule has 0 aliphatic heterocycles. The number of carbonyl (C=O) groups excluding carboxylic acids is 1. The lowest BCUT2D eigenvalue weighted by Crippen LogP contribution is -2.31. The Morgan fingerprint density at radius 2 is 1.85 bits per heavy atom. The molecule has 0 saturated carbocycles. The maximum atomic E-state index is 12.5. The van der Waals surface area contributed by atoms with E-state index in [1.807, 2.05) is 0 Å². The Bertz CT molecular complexity index is 1140. The number of aromatic carboxylic acids is 1. The number of aryl methyl sites for hydroxylation is 1. The number of hydrogen-bond acceptors (Lipinski definition) is 5. The third-order valence-electron chi connectivity index (χ3n) is 3.73. The van der Waals surface area contributed by atoms with Crippen molar-refractivity contribution in [2.75, 3.05) is 5.32 Å². The average Bonchev–Trinajstić information content (AvgIpc) is 2.62. The monoisotopic (exact) mass is 406 g/mol. The molecule has 0 bridgehead atoms. The first-order valence-electron chi connectivity index (χ1n) is 7.63. The summed E-state index contributed by atoms with van der Waals surface area (Å²) in [6.45, 7) is 1.13. The van der Waals surface area contributed by atoms with Gasteiger partial charge in [-0.25, -0.2) is 14.5 Å². The van der Waals surface area contributed by atoms with Crippen molar-refractivity contribution in [3.05, 3.63) is 62.1 Å². The van der Waals surface area contributed by atoms with Gasteiger partial charge in [-0.1, -0.05) is 41.4 Å². The number of hydrogen-bond donors (Lipinski definition) is 2. The average molecular weight is 407 g/mol. The van der Waals surface area contributed by atoms with E-state index >= 15 is 0 Å². The van der Waals surface area contributed by atoms with Gasteiger partial charge in [0.05, 0.1) is 21.1 Å². The number of rotatable bonds is 4. The van der Waals surface area contributed by atoms with Crippen LogP contribution in [-0.4, -0.2) is 31.7 Å². The van der Waals surface area contributed by atoms with Gasteiger partial charge in [0.1, 0.15) is 6.54 Å². The molecule has 2 N–H and O–H groups in total. The molecule has 0 atom stereocenters. The summed E-state index contributed by atoms with van der Waals surface area (Å²) in [6.07, 6.45) is 0. The van der Waals surface area contributed by atoms with Gasteiger partial charge in [-0.2, -0.15) is 5.10 Å². The van der Waals surface area contributed by atoms with Crippen LogP contribution in [-0.2, 0) is 11.3 Å². The number of aromatic nitrogens is 3. The maximum Gasteiger partial charge on any atom is 0.357 e. The number of benzene rings is 1. The molecule has 27 heavy (non-hydrogen) atoms. The van der Waals surface area contributed by atoms with Crippen molar-refractivity contribution in [3.8, 4) is 0 Å². The van der Waals surface area contributed by atoms with E-state index < -0.39 is 24.0 Å². The quantitative estimate of drug-likeness (QED) is 0.688. The van der Waals surface area contributed by atoms with E-state index in [1.54, 1.807) is 19.1 Å². The van der Waals surface area contributed by atoms with Gasteiger partial charge in [-0.3, -0.25) is 9.59 Å². The smallest absolute Gasteiger partial charge is 0.357 e. The SMILES string of the molecule is Cc1nc(NC(=O)Cn2nc(C(=O)O)c3ccccc3c2=O)c(Cl)cc1Cl. The van der Waals surface area contributed by atoms with Gasteiger partial charge in [-0.15, -0.1) is 0 Å². The van der Waals surface area contributed by atoms with Crippen molar-refractivity contribution in [1.29, 1.82) is 0 Å². The zero-order valence-corrected chi connectivity index (χ0v) is 15.4. The molecule has 0 radical (unpaired) electrons. The Labute approximate surface area is 162 Å². The summed E-state index contributed by atoms with van der Waals surface area (Å²) in [5, 5.41) is 16.4. The third-order valence-corrected chi connectivity index (χ3v) is 4.40. The molecular weight excluding hydrogens is 395 g/mol. The molecule has 3 rings (SSSR count). The minimum atomic E-state index is -1.31. The summed E-state index contributed by atoms with van der Waals surface area (Å²) in [7, 11) is 0. The first kappa shape index (κ1) is 18.8. The maximum absolute atomic E-state index is 12.5. The first-order valence-corrected chi connectivity index (χ1v) is 8.39. The van der Waals surface area contributed by atoms with E-state index in [1.165, 1.54) is 18.2 Å². The summed E-state index contributed by atoms with van der Waals surface area (Å²) >= 11 is 11.9. The number of halogens is 2. The van der Waals surface area contributed by atoms with Crippen molar-refractivity contribution in [2.45, 2.75) is 13.5 Å². The van der Waals surface area contributed by atoms with Crippen LogP contribution in [0, 0.1) is 6.92 Å². The van der Waals surface area contributed by atoms with Gasteiger partial charge in [0.15, 0.2) is 11.5 Å². The van der Waals surface area contributed by atoms with Crippen molar-refractivity contribution in [1.82, 2.24) is 14.8 Å². The highest BCUT2D eigenvalue weighted by Gasteiger charge is 2.18. The van der Waals surface area contributed by atoms with Crippen LogP contribution in [0.25, 0.3) is 10.8 Å². The van der Waals surface area contributed by atoms with E-state index in [0.717, 1.165) is 4.68 Å².